The van der Waals surface area contributed by atoms with Crippen LogP contribution in [0.25, 0.3) is 11.0 Å². The number of hydrogen-bond donors (Lipinski definition) is 1. The van der Waals surface area contributed by atoms with Crippen LogP contribution in [0.3, 0.4) is 0 Å². The normalized spacial score (nSPS) is 16.1. The van der Waals surface area contributed by atoms with Crippen molar-refractivity contribution in [2.24, 2.45) is 0 Å². The van der Waals surface area contributed by atoms with Gasteiger partial charge >= 0.3 is 0 Å². The highest BCUT2D eigenvalue weighted by atomic mass is 32.2. The van der Waals surface area contributed by atoms with E-state index in [1.54, 1.807) is 30.0 Å². The topological polar surface area (TPSA) is 64.1 Å². The van der Waals surface area contributed by atoms with Crippen molar-refractivity contribution in [3.05, 3.63) is 48.4 Å². The minimum absolute atomic E-state index is 0.332. The van der Waals surface area contributed by atoms with Crippen molar-refractivity contribution in [3.63, 3.8) is 0 Å². The lowest BCUT2D eigenvalue weighted by molar-refractivity contribution is 0.0102. The van der Waals surface area contributed by atoms with Gasteiger partial charge in [-0.3, -0.25) is 0 Å². The molecular weight excluding hydrogens is 274 g/mol. The van der Waals surface area contributed by atoms with Gasteiger partial charge in [-0.05, 0) is 37.4 Å². The van der Waals surface area contributed by atoms with Crippen LogP contribution < -0.4 is 0 Å². The summed E-state index contributed by atoms with van der Waals surface area (Å²) in [4.78, 5) is 0. The number of nitrogens with zero attached hydrogens (tertiary/aromatic N) is 3. The average Bonchev–Trinajstić information content (AvgIpc) is 3.09. The summed E-state index contributed by atoms with van der Waals surface area (Å²) >= 11 is 1.50. The molecule has 0 aliphatic heterocycles. The molecule has 2 aromatic heterocycles. The Bertz CT molecular complexity index is 706. The number of fused-ring (bicyclic) bond motifs is 1. The molecule has 0 spiro atoms. The summed E-state index contributed by atoms with van der Waals surface area (Å²) in [6.45, 7) is 1.73. The Labute approximate surface area is 120 Å². The number of benzene rings is 1. The summed E-state index contributed by atoms with van der Waals surface area (Å²) in [7, 11) is 0. The van der Waals surface area contributed by atoms with Crippen molar-refractivity contribution in [2.45, 2.75) is 17.9 Å². The standard InChI is InChI=1S/C14H15N3O2S/c1-14(18,12-8-5-9-19-12)13(20-2)17-11-7-4-3-6-10(11)15-16-17/h3-9,13,18H,1-2H3. The lowest BCUT2D eigenvalue weighted by Gasteiger charge is -2.29. The molecule has 0 bridgehead atoms. The highest BCUT2D eigenvalue weighted by molar-refractivity contribution is 7.98. The van der Waals surface area contributed by atoms with Crippen LogP contribution in [0.4, 0.5) is 0 Å². The molecule has 0 aliphatic rings. The van der Waals surface area contributed by atoms with Crippen molar-refractivity contribution in [3.8, 4) is 0 Å². The molecule has 1 aromatic carbocycles. The molecule has 20 heavy (non-hydrogen) atoms. The van der Waals surface area contributed by atoms with Gasteiger partial charge in [-0.2, -0.15) is 0 Å². The van der Waals surface area contributed by atoms with Gasteiger partial charge in [0.15, 0.2) is 5.60 Å². The number of aromatic nitrogens is 3. The first-order valence-corrected chi connectivity index (χ1v) is 7.52. The second kappa shape index (κ2) is 4.96. The van der Waals surface area contributed by atoms with E-state index in [-0.39, 0.29) is 5.37 Å². The number of hydrogen-bond acceptors (Lipinski definition) is 5. The molecule has 6 heteroatoms. The number of rotatable bonds is 4. The fourth-order valence-electron chi connectivity index (χ4n) is 2.32. The molecule has 1 N–H and O–H groups in total. The van der Waals surface area contributed by atoms with Crippen molar-refractivity contribution < 1.29 is 9.52 Å². The summed E-state index contributed by atoms with van der Waals surface area (Å²) < 4.78 is 7.10. The van der Waals surface area contributed by atoms with E-state index in [4.69, 9.17) is 4.42 Å². The molecule has 0 fully saturated rings. The monoisotopic (exact) mass is 289 g/mol. The lowest BCUT2D eigenvalue weighted by Crippen LogP contribution is -2.32. The van der Waals surface area contributed by atoms with Crippen LogP contribution in [0.5, 0.6) is 0 Å². The van der Waals surface area contributed by atoms with Crippen LogP contribution in [0.2, 0.25) is 0 Å². The maximum Gasteiger partial charge on any atom is 0.151 e. The summed E-state index contributed by atoms with van der Waals surface area (Å²) in [6, 6.07) is 11.2. The molecule has 2 atom stereocenters. The molecule has 0 saturated carbocycles. The molecule has 3 aromatic rings. The third-order valence-electron chi connectivity index (χ3n) is 3.32. The zero-order valence-electron chi connectivity index (χ0n) is 11.2. The Morgan fingerprint density at radius 1 is 1.30 bits per heavy atom. The number of furan rings is 1. The first-order valence-electron chi connectivity index (χ1n) is 6.23. The maximum atomic E-state index is 10.9. The smallest absolute Gasteiger partial charge is 0.151 e. The number of para-hydroxylation sites is 1. The van der Waals surface area contributed by atoms with Gasteiger partial charge in [0.05, 0.1) is 11.8 Å². The highest BCUT2D eigenvalue weighted by Gasteiger charge is 2.38. The fourth-order valence-corrected chi connectivity index (χ4v) is 3.25. The summed E-state index contributed by atoms with van der Waals surface area (Å²) in [6.07, 6.45) is 3.49. The molecule has 0 amide bonds. The van der Waals surface area contributed by atoms with Crippen LogP contribution in [0.15, 0.2) is 47.1 Å². The molecule has 2 unspecified atom stereocenters. The van der Waals surface area contributed by atoms with E-state index >= 15 is 0 Å². The van der Waals surface area contributed by atoms with Gasteiger partial charge in [0, 0.05) is 0 Å². The van der Waals surface area contributed by atoms with Gasteiger partial charge in [0.2, 0.25) is 0 Å². The molecule has 104 valence electrons. The second-order valence-corrected chi connectivity index (χ2v) is 5.65. The third-order valence-corrected chi connectivity index (χ3v) is 4.43. The van der Waals surface area contributed by atoms with Crippen LogP contribution in [-0.2, 0) is 5.60 Å². The molecule has 0 radical (unpaired) electrons. The second-order valence-electron chi connectivity index (χ2n) is 4.74. The van der Waals surface area contributed by atoms with Crippen LogP contribution in [0, 0.1) is 0 Å². The summed E-state index contributed by atoms with van der Waals surface area (Å²) in [5.74, 6) is 0.511. The minimum Gasteiger partial charge on any atom is -0.466 e. The average molecular weight is 289 g/mol. The maximum absolute atomic E-state index is 10.9. The van der Waals surface area contributed by atoms with Gasteiger partial charge in [-0.1, -0.05) is 17.3 Å². The predicted octanol–water partition coefficient (Wildman–Crippen LogP) is 2.79. The molecule has 5 nitrogen and oxygen atoms in total. The van der Waals surface area contributed by atoms with Gasteiger partial charge in [-0.25, -0.2) is 4.68 Å². The Balaban J connectivity index is 2.10. The summed E-state index contributed by atoms with van der Waals surface area (Å²) in [5.41, 5.74) is 0.514. The van der Waals surface area contributed by atoms with Crippen LogP contribution in [0.1, 0.15) is 18.1 Å². The third kappa shape index (κ3) is 2.01. The number of aliphatic hydroxyl groups is 1. The van der Waals surface area contributed by atoms with Crippen molar-refractivity contribution >= 4 is 22.8 Å². The van der Waals surface area contributed by atoms with Crippen molar-refractivity contribution in [1.29, 1.82) is 0 Å². The fraction of sp³-hybridized carbons (Fsp3) is 0.286. The quantitative estimate of drug-likeness (QED) is 0.800. The Kier molecular flexibility index (Phi) is 3.27. The number of thioether (sulfide) groups is 1. The molecule has 0 aliphatic carbocycles. The lowest BCUT2D eigenvalue weighted by atomic mass is 10.0. The van der Waals surface area contributed by atoms with E-state index < -0.39 is 5.60 Å². The zero-order valence-corrected chi connectivity index (χ0v) is 12.0. The van der Waals surface area contributed by atoms with Crippen molar-refractivity contribution in [1.82, 2.24) is 15.0 Å². The highest BCUT2D eigenvalue weighted by Crippen LogP contribution is 2.40. The van der Waals surface area contributed by atoms with E-state index in [1.807, 2.05) is 30.5 Å². The van der Waals surface area contributed by atoms with E-state index in [9.17, 15) is 5.11 Å². The zero-order chi connectivity index (χ0) is 14.2. The molecular formula is C14H15N3O2S. The molecule has 0 saturated heterocycles. The van der Waals surface area contributed by atoms with E-state index in [0.29, 0.717) is 5.76 Å². The van der Waals surface area contributed by atoms with E-state index in [2.05, 4.69) is 10.3 Å². The van der Waals surface area contributed by atoms with Gasteiger partial charge in [0.25, 0.3) is 0 Å². The van der Waals surface area contributed by atoms with Gasteiger partial charge < -0.3 is 9.52 Å². The van der Waals surface area contributed by atoms with Gasteiger partial charge in [-0.15, -0.1) is 16.9 Å². The van der Waals surface area contributed by atoms with E-state index in [1.165, 1.54) is 11.8 Å². The van der Waals surface area contributed by atoms with Crippen LogP contribution in [-0.4, -0.2) is 26.4 Å². The first-order chi connectivity index (χ1) is 9.64. The Morgan fingerprint density at radius 3 is 2.80 bits per heavy atom. The molecule has 3 rings (SSSR count). The largest absolute Gasteiger partial charge is 0.466 e. The Hall–Kier alpha value is -1.79. The first kappa shape index (κ1) is 13.2. The minimum atomic E-state index is -1.18. The van der Waals surface area contributed by atoms with Crippen LogP contribution >= 0.6 is 11.8 Å². The van der Waals surface area contributed by atoms with Gasteiger partial charge in [0.1, 0.15) is 16.7 Å². The summed E-state index contributed by atoms with van der Waals surface area (Å²) in [5, 5.41) is 18.9. The predicted molar refractivity (Wildman–Crippen MR) is 78.4 cm³/mol. The van der Waals surface area contributed by atoms with Crippen molar-refractivity contribution in [2.75, 3.05) is 6.26 Å². The Morgan fingerprint density at radius 2 is 2.10 bits per heavy atom. The SMILES string of the molecule is CSC(n1nnc2ccccc21)C(C)(O)c1ccco1. The molecule has 2 heterocycles. The van der Waals surface area contributed by atoms with E-state index in [0.717, 1.165) is 11.0 Å².